The smallest absolute Gasteiger partial charge is 0.141 e. The largest absolute Gasteiger partial charge is 0.506 e. The van der Waals surface area contributed by atoms with Crippen LogP contribution in [0.3, 0.4) is 0 Å². The van der Waals surface area contributed by atoms with E-state index in [0.717, 1.165) is 5.39 Å². The molecule has 2 nitrogen and oxygen atoms in total. The number of aromatic hydroxyl groups is 1. The summed E-state index contributed by atoms with van der Waals surface area (Å²) in [6.07, 6.45) is 0. The molecule has 1 N–H and O–H groups in total. The third-order valence-electron chi connectivity index (χ3n) is 1.74. The van der Waals surface area contributed by atoms with Gasteiger partial charge in [-0.15, -0.1) is 0 Å². The number of hydrogen-bond donors (Lipinski definition) is 1. The summed E-state index contributed by atoms with van der Waals surface area (Å²) in [7, 11) is 0. The lowest BCUT2D eigenvalue weighted by Crippen LogP contribution is -1.84. The molecular weight excluding hydrogens is 300 g/mol. The van der Waals surface area contributed by atoms with Gasteiger partial charge in [0.2, 0.25) is 0 Å². The second-order valence-electron chi connectivity index (χ2n) is 2.61. The first-order chi connectivity index (χ1) is 6.18. The number of nitrogens with zero attached hydrogens (tertiary/aromatic N) is 1. The first kappa shape index (κ1) is 9.02. The Balaban J connectivity index is 2.89. The molecule has 0 saturated carbocycles. The molecule has 13 heavy (non-hydrogen) atoms. The van der Waals surface area contributed by atoms with Gasteiger partial charge in [0.1, 0.15) is 15.0 Å². The van der Waals surface area contributed by atoms with Crippen molar-refractivity contribution >= 4 is 45.1 Å². The number of aromatic nitrogens is 1. The van der Waals surface area contributed by atoms with E-state index < -0.39 is 0 Å². The lowest BCUT2D eigenvalue weighted by molar-refractivity contribution is 0.480. The van der Waals surface area contributed by atoms with Crippen LogP contribution in [0.2, 0.25) is 5.02 Å². The number of para-hydroxylation sites is 1. The van der Waals surface area contributed by atoms with E-state index in [2.05, 4.69) is 4.98 Å². The fourth-order valence-electron chi connectivity index (χ4n) is 1.13. The number of fused-ring (bicyclic) bond motifs is 1. The maximum absolute atomic E-state index is 9.48. The first-order valence-electron chi connectivity index (χ1n) is 3.62. The van der Waals surface area contributed by atoms with Crippen molar-refractivity contribution in [3.05, 3.63) is 33.0 Å². The number of rotatable bonds is 0. The van der Waals surface area contributed by atoms with Crippen LogP contribution in [0.4, 0.5) is 0 Å². The molecular formula is C9H5ClINO. The normalized spacial score (nSPS) is 10.6. The average Bonchev–Trinajstić information content (AvgIpc) is 2.09. The van der Waals surface area contributed by atoms with Crippen LogP contribution in [-0.4, -0.2) is 10.1 Å². The summed E-state index contributed by atoms with van der Waals surface area (Å²) in [5, 5.41) is 10.9. The molecule has 0 spiro atoms. The highest BCUT2D eigenvalue weighted by Crippen LogP contribution is 2.27. The molecule has 4 heteroatoms. The number of pyridine rings is 1. The quantitative estimate of drug-likeness (QED) is 0.599. The lowest BCUT2D eigenvalue weighted by atomic mass is 10.2. The second-order valence-corrected chi connectivity index (χ2v) is 4.04. The molecule has 0 atom stereocenters. The molecule has 1 aromatic heterocycles. The highest BCUT2D eigenvalue weighted by atomic mass is 127. The number of phenolic OH excluding ortho intramolecular Hbond substituents is 1. The van der Waals surface area contributed by atoms with Crippen LogP contribution >= 0.6 is 34.2 Å². The fourth-order valence-corrected chi connectivity index (χ4v) is 1.69. The Labute approximate surface area is 93.7 Å². The molecule has 2 aromatic rings. The number of benzene rings is 1. The zero-order chi connectivity index (χ0) is 9.42. The van der Waals surface area contributed by atoms with Crippen molar-refractivity contribution in [2.45, 2.75) is 0 Å². The third-order valence-corrected chi connectivity index (χ3v) is 3.16. The summed E-state index contributed by atoms with van der Waals surface area (Å²) in [4.78, 5) is 4.18. The van der Waals surface area contributed by atoms with E-state index in [4.69, 9.17) is 11.6 Å². The summed E-state index contributed by atoms with van der Waals surface area (Å²) < 4.78 is 0.702. The van der Waals surface area contributed by atoms with Gasteiger partial charge in [-0.2, -0.15) is 0 Å². The van der Waals surface area contributed by atoms with Gasteiger partial charge in [0.05, 0.1) is 5.02 Å². The summed E-state index contributed by atoms with van der Waals surface area (Å²) in [6.45, 7) is 0. The van der Waals surface area contributed by atoms with Gasteiger partial charge in [-0.3, -0.25) is 0 Å². The number of phenols is 1. The van der Waals surface area contributed by atoms with Crippen LogP contribution in [0.1, 0.15) is 0 Å². The zero-order valence-corrected chi connectivity index (χ0v) is 9.37. The molecule has 0 aliphatic heterocycles. The summed E-state index contributed by atoms with van der Waals surface area (Å²) >= 11 is 7.92. The molecule has 1 aromatic carbocycles. The minimum atomic E-state index is 0.187. The average molecular weight is 306 g/mol. The molecule has 1 heterocycles. The molecule has 0 bridgehead atoms. The van der Waals surface area contributed by atoms with Crippen molar-refractivity contribution < 1.29 is 5.11 Å². The van der Waals surface area contributed by atoms with E-state index in [9.17, 15) is 5.11 Å². The minimum absolute atomic E-state index is 0.187. The highest BCUT2D eigenvalue weighted by Gasteiger charge is 2.04. The Morgan fingerprint density at radius 1 is 1.38 bits per heavy atom. The minimum Gasteiger partial charge on any atom is -0.506 e. The van der Waals surface area contributed by atoms with Crippen LogP contribution in [0.25, 0.3) is 10.9 Å². The summed E-state index contributed by atoms with van der Waals surface area (Å²) in [6, 6.07) is 7.04. The Hall–Kier alpha value is -0.550. The van der Waals surface area contributed by atoms with Crippen molar-refractivity contribution in [1.29, 1.82) is 0 Å². The summed E-state index contributed by atoms with van der Waals surface area (Å²) in [5.41, 5.74) is 0.594. The zero-order valence-electron chi connectivity index (χ0n) is 6.46. The first-order valence-corrected chi connectivity index (χ1v) is 5.08. The number of halogens is 2. The van der Waals surface area contributed by atoms with E-state index >= 15 is 0 Å². The van der Waals surface area contributed by atoms with Gasteiger partial charge in [0, 0.05) is 5.39 Å². The monoisotopic (exact) mass is 305 g/mol. The maximum atomic E-state index is 9.48. The van der Waals surface area contributed by atoms with Crippen LogP contribution < -0.4 is 0 Å². The third kappa shape index (κ3) is 1.58. The van der Waals surface area contributed by atoms with Crippen LogP contribution in [0, 0.1) is 3.70 Å². The molecule has 2 rings (SSSR count). The predicted octanol–water partition coefficient (Wildman–Crippen LogP) is 3.20. The molecule has 0 aliphatic carbocycles. The van der Waals surface area contributed by atoms with Gasteiger partial charge < -0.3 is 5.11 Å². The van der Waals surface area contributed by atoms with E-state index in [-0.39, 0.29) is 5.75 Å². The van der Waals surface area contributed by atoms with E-state index in [0.29, 0.717) is 14.2 Å². The lowest BCUT2D eigenvalue weighted by Gasteiger charge is -2.01. The molecule has 0 radical (unpaired) electrons. The van der Waals surface area contributed by atoms with E-state index in [1.807, 2.05) is 28.7 Å². The van der Waals surface area contributed by atoms with Gasteiger partial charge in [-0.25, -0.2) is 4.98 Å². The van der Waals surface area contributed by atoms with E-state index in [1.165, 1.54) is 0 Å². The molecule has 66 valence electrons. The van der Waals surface area contributed by atoms with Crippen molar-refractivity contribution in [1.82, 2.24) is 4.98 Å². The second kappa shape index (κ2) is 3.31. The van der Waals surface area contributed by atoms with Gasteiger partial charge in [0.25, 0.3) is 0 Å². The summed E-state index contributed by atoms with van der Waals surface area (Å²) in [5.74, 6) is 0.187. The van der Waals surface area contributed by atoms with Gasteiger partial charge in [-0.1, -0.05) is 23.7 Å². The Morgan fingerprint density at radius 2 is 2.15 bits per heavy atom. The molecule has 0 aliphatic rings. The Bertz CT molecular complexity index is 472. The highest BCUT2D eigenvalue weighted by molar-refractivity contribution is 14.1. The van der Waals surface area contributed by atoms with Gasteiger partial charge >= 0.3 is 0 Å². The standard InChI is InChI=1S/C9H5ClINO/c10-6-4-5-2-1-3-7(13)8(5)12-9(6)11/h1-4,13H. The van der Waals surface area contributed by atoms with Gasteiger partial charge in [-0.05, 0) is 34.7 Å². The van der Waals surface area contributed by atoms with Crippen molar-refractivity contribution in [3.8, 4) is 5.75 Å². The van der Waals surface area contributed by atoms with Crippen molar-refractivity contribution in [2.75, 3.05) is 0 Å². The van der Waals surface area contributed by atoms with Crippen molar-refractivity contribution in [3.63, 3.8) is 0 Å². The van der Waals surface area contributed by atoms with Crippen molar-refractivity contribution in [2.24, 2.45) is 0 Å². The fraction of sp³-hybridized carbons (Fsp3) is 0. The molecule has 0 amide bonds. The van der Waals surface area contributed by atoms with Crippen LogP contribution in [0.5, 0.6) is 5.75 Å². The topological polar surface area (TPSA) is 33.1 Å². The Kier molecular flexibility index (Phi) is 2.29. The molecule has 0 unspecified atom stereocenters. The SMILES string of the molecule is Oc1cccc2cc(Cl)c(I)nc12. The Morgan fingerprint density at radius 3 is 2.92 bits per heavy atom. The predicted molar refractivity (Wildman–Crippen MR) is 61.1 cm³/mol. The van der Waals surface area contributed by atoms with Gasteiger partial charge in [0.15, 0.2) is 0 Å². The van der Waals surface area contributed by atoms with E-state index in [1.54, 1.807) is 18.2 Å². The van der Waals surface area contributed by atoms with Crippen LogP contribution in [0.15, 0.2) is 24.3 Å². The maximum Gasteiger partial charge on any atom is 0.141 e. The molecule has 0 fully saturated rings. The molecule has 0 saturated heterocycles. The number of hydrogen-bond acceptors (Lipinski definition) is 2. The van der Waals surface area contributed by atoms with Crippen LogP contribution in [-0.2, 0) is 0 Å².